The highest BCUT2D eigenvalue weighted by molar-refractivity contribution is 14.1. The number of hydrogen-bond donors (Lipinski definition) is 1. The zero-order valence-electron chi connectivity index (χ0n) is 14.6. The Bertz CT molecular complexity index is 862. The Labute approximate surface area is 166 Å². The van der Waals surface area contributed by atoms with Crippen molar-refractivity contribution in [2.45, 2.75) is 45.3 Å². The Morgan fingerprint density at radius 3 is 2.26 bits per heavy atom. The normalized spacial score (nSPS) is 24.3. The maximum Gasteiger partial charge on any atom is 0.330 e. The van der Waals surface area contributed by atoms with Crippen LogP contribution in [0.4, 0.5) is 0 Å². The third-order valence-corrected chi connectivity index (χ3v) is 4.31. The monoisotopic (exact) mass is 496 g/mol. The highest BCUT2D eigenvalue weighted by Crippen LogP contribution is 2.33. The van der Waals surface area contributed by atoms with Crippen molar-refractivity contribution in [1.82, 2.24) is 9.55 Å². The molecular formula is C15H17IN2O9. The zero-order chi connectivity index (χ0) is 20.3. The fourth-order valence-electron chi connectivity index (χ4n) is 2.57. The molecule has 0 radical (unpaired) electrons. The molecule has 12 heteroatoms. The van der Waals surface area contributed by atoms with E-state index in [1.165, 1.54) is 13.1 Å². The van der Waals surface area contributed by atoms with Crippen LogP contribution in [-0.4, -0.2) is 52.4 Å². The van der Waals surface area contributed by atoms with Crippen LogP contribution < -0.4 is 11.2 Å². The van der Waals surface area contributed by atoms with Crippen LogP contribution >= 0.6 is 22.6 Å². The summed E-state index contributed by atoms with van der Waals surface area (Å²) in [6.45, 7) is 3.18. The van der Waals surface area contributed by atoms with Crippen molar-refractivity contribution < 1.29 is 33.3 Å². The lowest BCUT2D eigenvalue weighted by Crippen LogP contribution is -2.42. The first-order chi connectivity index (χ1) is 12.6. The van der Waals surface area contributed by atoms with Crippen molar-refractivity contribution in [3.63, 3.8) is 0 Å². The molecule has 1 aliphatic heterocycles. The van der Waals surface area contributed by atoms with Crippen LogP contribution in [0.1, 0.15) is 27.0 Å². The van der Waals surface area contributed by atoms with Gasteiger partial charge in [0, 0.05) is 27.0 Å². The summed E-state index contributed by atoms with van der Waals surface area (Å²) in [5, 5.41) is 0. The van der Waals surface area contributed by atoms with E-state index in [1.807, 2.05) is 0 Å². The van der Waals surface area contributed by atoms with Gasteiger partial charge in [-0.1, -0.05) is 0 Å². The van der Waals surface area contributed by atoms with Crippen LogP contribution in [0, 0.1) is 3.57 Å². The average Bonchev–Trinajstić information content (AvgIpc) is 2.85. The summed E-state index contributed by atoms with van der Waals surface area (Å²) in [4.78, 5) is 60.0. The lowest BCUT2D eigenvalue weighted by Gasteiger charge is -2.23. The van der Waals surface area contributed by atoms with Gasteiger partial charge in [-0.2, -0.15) is 0 Å². The van der Waals surface area contributed by atoms with Gasteiger partial charge in [0.2, 0.25) is 0 Å². The molecule has 0 spiro atoms. The Hall–Kier alpha value is -2.22. The summed E-state index contributed by atoms with van der Waals surface area (Å²) in [5.74, 6) is -1.98. The number of aromatic nitrogens is 2. The third kappa shape index (κ3) is 5.15. The SMILES string of the molecule is CC(=O)OC[C@H]1O[C@@H](n2cc(I)c(=O)[nH]c2=O)[C@H](OC(C)=O)[C@@H]1OC(C)=O. The third-order valence-electron chi connectivity index (χ3n) is 3.54. The smallest absolute Gasteiger partial charge is 0.330 e. The first kappa shape index (κ1) is 21.1. The van der Waals surface area contributed by atoms with Crippen LogP contribution in [0.15, 0.2) is 15.8 Å². The van der Waals surface area contributed by atoms with Gasteiger partial charge in [-0.05, 0) is 22.6 Å². The van der Waals surface area contributed by atoms with E-state index in [9.17, 15) is 24.0 Å². The topological polar surface area (TPSA) is 143 Å². The summed E-state index contributed by atoms with van der Waals surface area (Å²) < 4.78 is 22.2. The number of H-pyrrole nitrogens is 1. The number of ether oxygens (including phenoxy) is 4. The van der Waals surface area contributed by atoms with E-state index in [4.69, 9.17) is 18.9 Å². The number of aromatic amines is 1. The van der Waals surface area contributed by atoms with Crippen molar-refractivity contribution in [1.29, 1.82) is 0 Å². The molecule has 2 rings (SSSR count). The van der Waals surface area contributed by atoms with Gasteiger partial charge < -0.3 is 18.9 Å². The van der Waals surface area contributed by atoms with Gasteiger partial charge in [0.1, 0.15) is 12.7 Å². The molecule has 2 heterocycles. The molecule has 0 saturated carbocycles. The second kappa shape index (κ2) is 8.65. The average molecular weight is 496 g/mol. The van der Waals surface area contributed by atoms with Gasteiger partial charge in [0.15, 0.2) is 18.4 Å². The molecule has 0 aromatic carbocycles. The molecule has 1 N–H and O–H groups in total. The molecule has 4 atom stereocenters. The lowest BCUT2D eigenvalue weighted by atomic mass is 10.1. The van der Waals surface area contributed by atoms with Crippen molar-refractivity contribution in [2.75, 3.05) is 6.61 Å². The predicted molar refractivity (Wildman–Crippen MR) is 95.7 cm³/mol. The molecular weight excluding hydrogens is 479 g/mol. The number of rotatable bonds is 5. The number of nitrogens with one attached hydrogen (secondary N) is 1. The number of nitrogens with zero attached hydrogens (tertiary/aromatic N) is 1. The van der Waals surface area contributed by atoms with Crippen LogP contribution in [0.25, 0.3) is 0 Å². The number of esters is 3. The number of carbonyl (C=O) groups is 3. The van der Waals surface area contributed by atoms with Gasteiger partial charge in [0.25, 0.3) is 5.56 Å². The maximum absolute atomic E-state index is 12.2. The Kier molecular flexibility index (Phi) is 6.75. The molecule has 0 amide bonds. The van der Waals surface area contributed by atoms with Gasteiger partial charge in [-0.3, -0.25) is 28.7 Å². The largest absolute Gasteiger partial charge is 0.463 e. The zero-order valence-corrected chi connectivity index (χ0v) is 16.8. The van der Waals surface area contributed by atoms with E-state index >= 15 is 0 Å². The van der Waals surface area contributed by atoms with Crippen molar-refractivity contribution in [3.8, 4) is 0 Å². The minimum atomic E-state index is -1.21. The van der Waals surface area contributed by atoms with Crippen LogP contribution in [0.3, 0.4) is 0 Å². The van der Waals surface area contributed by atoms with Crippen molar-refractivity contribution >= 4 is 40.5 Å². The van der Waals surface area contributed by atoms with Gasteiger partial charge in [-0.25, -0.2) is 4.79 Å². The highest BCUT2D eigenvalue weighted by Gasteiger charge is 2.50. The minimum absolute atomic E-state index is 0.185. The van der Waals surface area contributed by atoms with E-state index in [-0.39, 0.29) is 10.2 Å². The van der Waals surface area contributed by atoms with E-state index in [1.54, 1.807) is 22.6 Å². The molecule has 0 aliphatic carbocycles. The van der Waals surface area contributed by atoms with Crippen LogP contribution in [-0.2, 0) is 33.3 Å². The molecule has 1 aromatic rings. The molecule has 1 aromatic heterocycles. The summed E-state index contributed by atoms with van der Waals surface area (Å²) >= 11 is 1.72. The summed E-state index contributed by atoms with van der Waals surface area (Å²) in [6, 6.07) is 0. The molecule has 0 bridgehead atoms. The van der Waals surface area contributed by atoms with E-state index < -0.39 is 53.7 Å². The van der Waals surface area contributed by atoms with Crippen molar-refractivity contribution in [3.05, 3.63) is 30.6 Å². The van der Waals surface area contributed by atoms with Gasteiger partial charge in [0.05, 0.1) is 3.57 Å². The molecule has 148 valence electrons. The maximum atomic E-state index is 12.2. The molecule has 0 unspecified atom stereocenters. The summed E-state index contributed by atoms with van der Waals surface area (Å²) in [5.41, 5.74) is -1.40. The standard InChI is InChI=1S/C15H17IN2O9/c1-6(19)24-5-10-11(25-7(2)20)12(26-8(3)21)14(27-10)18-4-9(16)13(22)17-15(18)23/h4,10-12,14H,5H2,1-3H3,(H,17,22,23)/t10-,11-,12-,14-/m1/s1. The number of carbonyl (C=O) groups excluding carboxylic acids is 3. The van der Waals surface area contributed by atoms with Crippen molar-refractivity contribution in [2.24, 2.45) is 0 Å². The molecule has 1 aliphatic rings. The first-order valence-corrected chi connectivity index (χ1v) is 8.82. The van der Waals surface area contributed by atoms with Crippen LogP contribution in [0.5, 0.6) is 0 Å². The summed E-state index contributed by atoms with van der Waals surface area (Å²) in [6.07, 6.45) is -3.32. The first-order valence-electron chi connectivity index (χ1n) is 7.74. The van der Waals surface area contributed by atoms with Crippen LogP contribution in [0.2, 0.25) is 0 Å². The fraction of sp³-hybridized carbons (Fsp3) is 0.533. The van der Waals surface area contributed by atoms with E-state index in [2.05, 4.69) is 4.98 Å². The second-order valence-electron chi connectivity index (χ2n) is 5.66. The molecule has 1 fully saturated rings. The Morgan fingerprint density at radius 2 is 1.70 bits per heavy atom. The molecule has 27 heavy (non-hydrogen) atoms. The molecule has 11 nitrogen and oxygen atoms in total. The number of hydrogen-bond acceptors (Lipinski definition) is 9. The minimum Gasteiger partial charge on any atom is -0.463 e. The Morgan fingerprint density at radius 1 is 1.11 bits per heavy atom. The second-order valence-corrected chi connectivity index (χ2v) is 6.82. The molecule has 1 saturated heterocycles. The predicted octanol–water partition coefficient (Wildman–Crippen LogP) is -0.535. The van der Waals surface area contributed by atoms with Gasteiger partial charge in [-0.15, -0.1) is 0 Å². The van der Waals surface area contributed by atoms with E-state index in [0.717, 1.165) is 18.4 Å². The summed E-state index contributed by atoms with van der Waals surface area (Å²) in [7, 11) is 0. The van der Waals surface area contributed by atoms with E-state index in [0.29, 0.717) is 0 Å². The Balaban J connectivity index is 2.47. The quantitative estimate of drug-likeness (QED) is 0.323. The fourth-order valence-corrected chi connectivity index (χ4v) is 3.00. The number of halogens is 1. The van der Waals surface area contributed by atoms with Gasteiger partial charge >= 0.3 is 23.6 Å². The lowest BCUT2D eigenvalue weighted by molar-refractivity contribution is -0.166. The highest BCUT2D eigenvalue weighted by atomic mass is 127.